The molecule has 0 aliphatic heterocycles. The minimum Gasteiger partial charge on any atom is -0.444 e. The molecule has 1 aromatic heterocycles. The van der Waals surface area contributed by atoms with Gasteiger partial charge in [0.15, 0.2) is 0 Å². The zero-order chi connectivity index (χ0) is 14.0. The number of halogens is 1. The number of ether oxygens (including phenoxy) is 1. The first kappa shape index (κ1) is 14.6. The lowest BCUT2D eigenvalue weighted by molar-refractivity contribution is 0.0522. The summed E-state index contributed by atoms with van der Waals surface area (Å²) in [7, 11) is 0. The fourth-order valence-corrected chi connectivity index (χ4v) is 2.74. The average Bonchev–Trinajstić information content (AvgIpc) is 2.84. The predicted octanol–water partition coefficient (Wildman–Crippen LogP) is 3.16. The Bertz CT molecular complexity index is 456. The van der Waals surface area contributed by atoms with E-state index in [9.17, 15) is 4.79 Å². The van der Waals surface area contributed by atoms with Gasteiger partial charge in [0.2, 0.25) is 0 Å². The Morgan fingerprint density at radius 3 is 2.84 bits per heavy atom. The Morgan fingerprint density at radius 1 is 1.53 bits per heavy atom. The molecule has 1 heterocycles. The summed E-state index contributed by atoms with van der Waals surface area (Å²) in [6, 6.07) is 2.46. The molecule has 2 atom stereocenters. The van der Waals surface area contributed by atoms with Crippen LogP contribution >= 0.6 is 22.9 Å². The molecule has 19 heavy (non-hydrogen) atoms. The van der Waals surface area contributed by atoms with Gasteiger partial charge >= 0.3 is 6.09 Å². The Labute approximate surface area is 122 Å². The van der Waals surface area contributed by atoms with E-state index in [1.807, 2.05) is 32.2 Å². The molecule has 2 rings (SSSR count). The number of hydrogen-bond donors (Lipinski definition) is 2. The highest BCUT2D eigenvalue weighted by atomic mass is 35.5. The van der Waals surface area contributed by atoms with Crippen molar-refractivity contribution < 1.29 is 9.53 Å². The van der Waals surface area contributed by atoms with Crippen LogP contribution in [0.3, 0.4) is 0 Å². The van der Waals surface area contributed by atoms with Crippen LogP contribution in [0, 0.1) is 0 Å². The number of amides is 1. The van der Waals surface area contributed by atoms with Gasteiger partial charge in [0.25, 0.3) is 0 Å². The monoisotopic (exact) mass is 302 g/mol. The molecule has 0 saturated heterocycles. The van der Waals surface area contributed by atoms with Crippen LogP contribution in [0.5, 0.6) is 0 Å². The van der Waals surface area contributed by atoms with Crippen molar-refractivity contribution in [2.45, 2.75) is 51.4 Å². The normalized spacial score (nSPS) is 22.1. The first-order chi connectivity index (χ1) is 8.83. The topological polar surface area (TPSA) is 50.4 Å². The van der Waals surface area contributed by atoms with Gasteiger partial charge < -0.3 is 15.4 Å². The quantitative estimate of drug-likeness (QED) is 0.898. The largest absolute Gasteiger partial charge is 0.444 e. The fraction of sp³-hybridized carbons (Fsp3) is 0.615. The van der Waals surface area contributed by atoms with Gasteiger partial charge in [0.05, 0.1) is 5.02 Å². The van der Waals surface area contributed by atoms with Crippen molar-refractivity contribution in [3.05, 3.63) is 21.3 Å². The lowest BCUT2D eigenvalue weighted by atomic mass is 10.2. The maximum absolute atomic E-state index is 11.6. The Hall–Kier alpha value is -0.780. The molecule has 2 N–H and O–H groups in total. The van der Waals surface area contributed by atoms with Gasteiger partial charge in [-0.1, -0.05) is 11.6 Å². The molecule has 106 valence electrons. The van der Waals surface area contributed by atoms with Crippen LogP contribution in [0.25, 0.3) is 0 Å². The van der Waals surface area contributed by atoms with E-state index in [1.54, 1.807) is 11.3 Å². The molecule has 0 aromatic carbocycles. The van der Waals surface area contributed by atoms with Crippen LogP contribution < -0.4 is 10.6 Å². The van der Waals surface area contributed by atoms with Crippen molar-refractivity contribution in [1.82, 2.24) is 10.6 Å². The van der Waals surface area contributed by atoms with Gasteiger partial charge in [0.1, 0.15) is 5.60 Å². The zero-order valence-corrected chi connectivity index (χ0v) is 12.9. The maximum Gasteiger partial charge on any atom is 0.407 e. The summed E-state index contributed by atoms with van der Waals surface area (Å²) in [4.78, 5) is 12.8. The van der Waals surface area contributed by atoms with Crippen LogP contribution in [-0.2, 0) is 11.3 Å². The van der Waals surface area contributed by atoms with Crippen LogP contribution in [0.1, 0.15) is 32.1 Å². The number of thiophene rings is 1. The van der Waals surface area contributed by atoms with Crippen molar-refractivity contribution in [2.75, 3.05) is 0 Å². The summed E-state index contributed by atoms with van der Waals surface area (Å²) in [5.41, 5.74) is -0.449. The highest BCUT2D eigenvalue weighted by Gasteiger charge is 2.38. The minimum absolute atomic E-state index is 0.172. The summed E-state index contributed by atoms with van der Waals surface area (Å²) < 4.78 is 5.21. The lowest BCUT2D eigenvalue weighted by Crippen LogP contribution is -2.36. The van der Waals surface area contributed by atoms with E-state index >= 15 is 0 Å². The van der Waals surface area contributed by atoms with Crippen LogP contribution in [0.15, 0.2) is 11.4 Å². The number of carbonyl (C=O) groups excluding carboxylic acids is 1. The van der Waals surface area contributed by atoms with Gasteiger partial charge in [-0.3, -0.25) is 0 Å². The van der Waals surface area contributed by atoms with E-state index in [1.165, 1.54) is 4.88 Å². The van der Waals surface area contributed by atoms with Gasteiger partial charge in [-0.05, 0) is 33.3 Å². The van der Waals surface area contributed by atoms with E-state index < -0.39 is 5.60 Å². The maximum atomic E-state index is 11.6. The molecule has 1 fully saturated rings. The van der Waals surface area contributed by atoms with Crippen molar-refractivity contribution in [3.8, 4) is 0 Å². The number of alkyl carbamates (subject to hydrolysis) is 1. The SMILES string of the molecule is CC(C)(C)OC(=O)NC1CC1NCc1cc(Cl)cs1. The highest BCUT2D eigenvalue weighted by Crippen LogP contribution is 2.24. The molecule has 1 saturated carbocycles. The molecule has 1 aromatic rings. The zero-order valence-electron chi connectivity index (χ0n) is 11.3. The third kappa shape index (κ3) is 5.01. The van der Waals surface area contributed by atoms with E-state index in [2.05, 4.69) is 10.6 Å². The average molecular weight is 303 g/mol. The molecule has 6 heteroatoms. The van der Waals surface area contributed by atoms with E-state index in [0.717, 1.165) is 18.0 Å². The Kier molecular flexibility index (Phi) is 4.38. The second-order valence-electron chi connectivity index (χ2n) is 5.71. The third-order valence-corrected chi connectivity index (χ3v) is 3.94. The van der Waals surface area contributed by atoms with E-state index in [0.29, 0.717) is 6.04 Å². The van der Waals surface area contributed by atoms with Gasteiger partial charge in [-0.2, -0.15) is 0 Å². The highest BCUT2D eigenvalue weighted by molar-refractivity contribution is 7.10. The van der Waals surface area contributed by atoms with Crippen molar-refractivity contribution in [2.24, 2.45) is 0 Å². The number of carbonyl (C=O) groups is 1. The molecule has 1 amide bonds. The first-order valence-corrected chi connectivity index (χ1v) is 7.55. The fourth-order valence-electron chi connectivity index (χ4n) is 1.72. The molecule has 1 aliphatic carbocycles. The van der Waals surface area contributed by atoms with Crippen molar-refractivity contribution in [1.29, 1.82) is 0 Å². The van der Waals surface area contributed by atoms with Gasteiger partial charge in [-0.15, -0.1) is 11.3 Å². The molecule has 0 radical (unpaired) electrons. The third-order valence-electron chi connectivity index (χ3n) is 2.65. The predicted molar refractivity (Wildman–Crippen MR) is 77.7 cm³/mol. The summed E-state index contributed by atoms with van der Waals surface area (Å²) in [5, 5.41) is 8.94. The number of nitrogens with one attached hydrogen (secondary N) is 2. The van der Waals surface area contributed by atoms with Crippen molar-refractivity contribution >= 4 is 29.0 Å². The van der Waals surface area contributed by atoms with Crippen LogP contribution in [0.4, 0.5) is 4.79 Å². The minimum atomic E-state index is -0.449. The summed E-state index contributed by atoms with van der Waals surface area (Å²) in [6.45, 7) is 6.36. The lowest BCUT2D eigenvalue weighted by Gasteiger charge is -2.19. The van der Waals surface area contributed by atoms with Gasteiger partial charge in [-0.25, -0.2) is 4.79 Å². The Balaban J connectivity index is 1.66. The number of hydrogen-bond acceptors (Lipinski definition) is 4. The molecule has 0 spiro atoms. The number of rotatable bonds is 4. The smallest absolute Gasteiger partial charge is 0.407 e. The molecular formula is C13H19ClN2O2S. The standard InChI is InChI=1S/C13H19ClN2O2S/c1-13(2,3)18-12(17)16-11-5-10(11)15-6-9-4-8(14)7-19-9/h4,7,10-11,15H,5-6H2,1-3H3,(H,16,17). The molecule has 4 nitrogen and oxygen atoms in total. The van der Waals surface area contributed by atoms with Crippen LogP contribution in [0.2, 0.25) is 5.02 Å². The summed E-state index contributed by atoms with van der Waals surface area (Å²) in [5.74, 6) is 0. The van der Waals surface area contributed by atoms with Crippen molar-refractivity contribution in [3.63, 3.8) is 0 Å². The second-order valence-corrected chi connectivity index (χ2v) is 7.14. The van der Waals surface area contributed by atoms with E-state index in [-0.39, 0.29) is 12.1 Å². The molecule has 2 unspecified atom stereocenters. The molecule has 1 aliphatic rings. The summed E-state index contributed by atoms with van der Waals surface area (Å²) in [6.07, 6.45) is 0.596. The Morgan fingerprint density at radius 2 is 2.26 bits per heavy atom. The van der Waals surface area contributed by atoms with Gasteiger partial charge in [0, 0.05) is 28.9 Å². The second kappa shape index (κ2) is 5.69. The van der Waals surface area contributed by atoms with Crippen LogP contribution in [-0.4, -0.2) is 23.8 Å². The van der Waals surface area contributed by atoms with E-state index in [4.69, 9.17) is 16.3 Å². The molecular weight excluding hydrogens is 284 g/mol. The summed E-state index contributed by atoms with van der Waals surface area (Å²) >= 11 is 7.50. The molecule has 0 bridgehead atoms. The first-order valence-electron chi connectivity index (χ1n) is 6.29.